The predicted octanol–water partition coefficient (Wildman–Crippen LogP) is 1.43. The molecule has 29 heavy (non-hydrogen) atoms. The molecule has 3 rings (SSSR count). The summed E-state index contributed by atoms with van der Waals surface area (Å²) >= 11 is 4.68. The van der Waals surface area contributed by atoms with E-state index in [4.69, 9.17) is 0 Å². The summed E-state index contributed by atoms with van der Waals surface area (Å²) in [6.45, 7) is 2.08. The zero-order valence-electron chi connectivity index (χ0n) is 15.7. The van der Waals surface area contributed by atoms with Crippen LogP contribution in [0.25, 0.3) is 0 Å². The first-order valence-corrected chi connectivity index (χ1v) is 11.0. The molecular weight excluding hydrogens is 465 g/mol. The molecule has 156 valence electrons. The third kappa shape index (κ3) is 4.99. The summed E-state index contributed by atoms with van der Waals surface area (Å²) < 4.78 is 13.5. The average Bonchev–Trinajstić information content (AvgIpc) is 3.17. The van der Waals surface area contributed by atoms with E-state index in [1.54, 1.807) is 22.0 Å². The van der Waals surface area contributed by atoms with Crippen molar-refractivity contribution in [3.63, 3.8) is 0 Å². The van der Waals surface area contributed by atoms with Crippen molar-refractivity contribution in [2.24, 2.45) is 0 Å². The SMILES string of the molecule is CC(=O)N1CSC[C@H]1C(=O)N1CC=CC(NC(=O)C(O)c2ccc(F)cc2Br)C1. The minimum Gasteiger partial charge on any atom is -0.378 e. The summed E-state index contributed by atoms with van der Waals surface area (Å²) in [5.41, 5.74) is 0.247. The fourth-order valence-electron chi connectivity index (χ4n) is 3.29. The second-order valence-electron chi connectivity index (χ2n) is 6.86. The quantitative estimate of drug-likeness (QED) is 0.629. The average molecular weight is 486 g/mol. The van der Waals surface area contributed by atoms with Gasteiger partial charge in [0.25, 0.3) is 5.91 Å². The summed E-state index contributed by atoms with van der Waals surface area (Å²) in [6.07, 6.45) is 2.05. The highest BCUT2D eigenvalue weighted by molar-refractivity contribution is 9.10. The van der Waals surface area contributed by atoms with E-state index in [9.17, 15) is 23.9 Å². The highest BCUT2D eigenvalue weighted by Crippen LogP contribution is 2.25. The van der Waals surface area contributed by atoms with Gasteiger partial charge in [-0.05, 0) is 12.1 Å². The third-order valence-electron chi connectivity index (χ3n) is 4.83. The number of nitrogens with one attached hydrogen (secondary N) is 1. The van der Waals surface area contributed by atoms with Crippen molar-refractivity contribution in [3.05, 3.63) is 46.2 Å². The molecule has 2 aliphatic rings. The van der Waals surface area contributed by atoms with E-state index in [1.807, 2.05) is 0 Å². The van der Waals surface area contributed by atoms with Gasteiger partial charge in [0.1, 0.15) is 11.9 Å². The molecule has 0 aliphatic carbocycles. The van der Waals surface area contributed by atoms with Gasteiger partial charge in [-0.3, -0.25) is 14.4 Å². The molecule has 0 aromatic heterocycles. The molecule has 0 bridgehead atoms. The van der Waals surface area contributed by atoms with Crippen molar-refractivity contribution in [1.29, 1.82) is 0 Å². The summed E-state index contributed by atoms with van der Waals surface area (Å²) in [5.74, 6) is -0.388. The standard InChI is InChI=1S/C19H21BrFN3O4S/c1-11(25)24-10-29-9-16(24)19(28)23-6-2-3-13(8-23)22-18(27)17(26)14-5-4-12(21)7-15(14)20/h2-5,7,13,16-17,26H,6,8-10H2,1H3,(H,22,27)/t13?,16-,17?/m0/s1. The lowest BCUT2D eigenvalue weighted by Crippen LogP contribution is -2.54. The number of carbonyl (C=O) groups is 3. The van der Waals surface area contributed by atoms with Gasteiger partial charge in [0, 0.05) is 35.8 Å². The molecule has 0 radical (unpaired) electrons. The fraction of sp³-hybridized carbons (Fsp3) is 0.421. The highest BCUT2D eigenvalue weighted by Gasteiger charge is 2.36. The Morgan fingerprint density at radius 1 is 1.38 bits per heavy atom. The van der Waals surface area contributed by atoms with E-state index in [-0.39, 0.29) is 23.9 Å². The van der Waals surface area contributed by atoms with Crippen LogP contribution in [0.5, 0.6) is 0 Å². The van der Waals surface area contributed by atoms with Crippen LogP contribution in [-0.4, -0.2) is 69.4 Å². The molecule has 1 saturated heterocycles. The monoisotopic (exact) mass is 485 g/mol. The van der Waals surface area contributed by atoms with Crippen LogP contribution in [0.1, 0.15) is 18.6 Å². The molecule has 0 spiro atoms. The van der Waals surface area contributed by atoms with Gasteiger partial charge in [0.15, 0.2) is 6.10 Å². The molecule has 1 aromatic carbocycles. The maximum absolute atomic E-state index is 13.2. The van der Waals surface area contributed by atoms with E-state index in [0.29, 0.717) is 22.6 Å². The van der Waals surface area contributed by atoms with E-state index in [0.717, 1.165) is 6.07 Å². The van der Waals surface area contributed by atoms with Gasteiger partial charge in [0.05, 0.1) is 11.9 Å². The van der Waals surface area contributed by atoms with E-state index < -0.39 is 29.9 Å². The molecular formula is C19H21BrFN3O4S. The minimum absolute atomic E-state index is 0.140. The largest absolute Gasteiger partial charge is 0.378 e. The molecule has 10 heteroatoms. The maximum Gasteiger partial charge on any atom is 0.254 e. The van der Waals surface area contributed by atoms with Crippen LogP contribution in [0.3, 0.4) is 0 Å². The Balaban J connectivity index is 1.63. The lowest BCUT2D eigenvalue weighted by molar-refractivity contribution is -0.142. The van der Waals surface area contributed by atoms with Crippen LogP contribution in [0.2, 0.25) is 0 Å². The summed E-state index contributed by atoms with van der Waals surface area (Å²) in [6, 6.07) is 2.70. The first kappa shape index (κ1) is 21.8. The Labute approximate surface area is 180 Å². The number of hydrogen-bond acceptors (Lipinski definition) is 5. The molecule has 2 heterocycles. The van der Waals surface area contributed by atoms with Crippen molar-refractivity contribution in [2.45, 2.75) is 25.1 Å². The van der Waals surface area contributed by atoms with Gasteiger partial charge >= 0.3 is 0 Å². The van der Waals surface area contributed by atoms with Gasteiger partial charge < -0.3 is 20.2 Å². The van der Waals surface area contributed by atoms with E-state index in [2.05, 4.69) is 21.2 Å². The Hall–Kier alpha value is -1.91. The van der Waals surface area contributed by atoms with E-state index in [1.165, 1.54) is 30.8 Å². The number of nitrogens with zero attached hydrogens (tertiary/aromatic N) is 2. The van der Waals surface area contributed by atoms with E-state index >= 15 is 0 Å². The van der Waals surface area contributed by atoms with Crippen LogP contribution >= 0.6 is 27.7 Å². The molecule has 2 aliphatic heterocycles. The van der Waals surface area contributed by atoms with Gasteiger partial charge in [0.2, 0.25) is 11.8 Å². The highest BCUT2D eigenvalue weighted by atomic mass is 79.9. The topological polar surface area (TPSA) is 90.0 Å². The molecule has 3 atom stereocenters. The number of thioether (sulfide) groups is 1. The van der Waals surface area contributed by atoms with Crippen molar-refractivity contribution in [1.82, 2.24) is 15.1 Å². The molecule has 3 amide bonds. The number of aliphatic hydroxyl groups excluding tert-OH is 1. The third-order valence-corrected chi connectivity index (χ3v) is 6.53. The van der Waals surface area contributed by atoms with Gasteiger partial charge in [-0.2, -0.15) is 0 Å². The minimum atomic E-state index is -1.48. The van der Waals surface area contributed by atoms with Crippen LogP contribution in [0.15, 0.2) is 34.8 Å². The number of halogens is 2. The van der Waals surface area contributed by atoms with Crippen LogP contribution in [0.4, 0.5) is 4.39 Å². The van der Waals surface area contributed by atoms with Crippen LogP contribution in [0, 0.1) is 5.82 Å². The molecule has 7 nitrogen and oxygen atoms in total. The second kappa shape index (κ2) is 9.27. The van der Waals surface area contributed by atoms with Gasteiger partial charge in [-0.1, -0.05) is 34.1 Å². The van der Waals surface area contributed by atoms with Crippen LogP contribution in [-0.2, 0) is 14.4 Å². The summed E-state index contributed by atoms with van der Waals surface area (Å²) in [7, 11) is 0. The van der Waals surface area contributed by atoms with Crippen molar-refractivity contribution in [2.75, 3.05) is 24.7 Å². The summed E-state index contributed by atoms with van der Waals surface area (Å²) in [4.78, 5) is 40.2. The smallest absolute Gasteiger partial charge is 0.254 e. The van der Waals surface area contributed by atoms with Crippen molar-refractivity contribution >= 4 is 45.4 Å². The zero-order valence-corrected chi connectivity index (χ0v) is 18.1. The molecule has 1 fully saturated rings. The van der Waals surface area contributed by atoms with Crippen molar-refractivity contribution in [3.8, 4) is 0 Å². The Kier molecular flexibility index (Phi) is 6.97. The maximum atomic E-state index is 13.2. The Morgan fingerprint density at radius 3 is 2.83 bits per heavy atom. The number of carbonyl (C=O) groups excluding carboxylic acids is 3. The number of aliphatic hydroxyl groups is 1. The fourth-order valence-corrected chi connectivity index (χ4v) is 5.07. The lowest BCUT2D eigenvalue weighted by atomic mass is 10.1. The van der Waals surface area contributed by atoms with Crippen LogP contribution < -0.4 is 5.32 Å². The van der Waals surface area contributed by atoms with Crippen molar-refractivity contribution < 1.29 is 23.9 Å². The first-order chi connectivity index (χ1) is 13.8. The number of amides is 3. The molecule has 0 saturated carbocycles. The number of rotatable bonds is 4. The first-order valence-electron chi connectivity index (χ1n) is 9.01. The zero-order chi connectivity index (χ0) is 21.1. The molecule has 1 aromatic rings. The predicted molar refractivity (Wildman–Crippen MR) is 110 cm³/mol. The molecule has 2 unspecified atom stereocenters. The lowest BCUT2D eigenvalue weighted by Gasteiger charge is -2.33. The summed E-state index contributed by atoms with van der Waals surface area (Å²) in [5, 5.41) is 13.0. The second-order valence-corrected chi connectivity index (χ2v) is 8.71. The van der Waals surface area contributed by atoms with Gasteiger partial charge in [-0.15, -0.1) is 11.8 Å². The Morgan fingerprint density at radius 2 is 2.14 bits per heavy atom. The normalized spacial score (nSPS) is 22.5. The number of hydrogen-bond donors (Lipinski definition) is 2. The Bertz CT molecular complexity index is 853. The van der Waals surface area contributed by atoms with Gasteiger partial charge in [-0.25, -0.2) is 4.39 Å². The number of benzene rings is 1. The molecule has 2 N–H and O–H groups in total.